The normalized spacial score (nSPS) is 28.6. The average Bonchev–Trinajstić information content (AvgIpc) is 3.24. The van der Waals surface area contributed by atoms with Crippen molar-refractivity contribution in [2.75, 3.05) is 16.8 Å². The zero-order valence-electron chi connectivity index (χ0n) is 13.8. The highest BCUT2D eigenvalue weighted by atomic mass is 35.5. The fraction of sp³-hybridized carbons (Fsp3) is 0.579. The van der Waals surface area contributed by atoms with E-state index in [9.17, 15) is 9.59 Å². The molecule has 0 radical (unpaired) electrons. The minimum absolute atomic E-state index is 0.0774. The van der Waals surface area contributed by atoms with Crippen molar-refractivity contribution < 1.29 is 9.59 Å². The molecule has 4 rings (SSSR count). The lowest BCUT2D eigenvalue weighted by Crippen LogP contribution is -2.24. The molecule has 0 aromatic heterocycles. The summed E-state index contributed by atoms with van der Waals surface area (Å²) in [5.41, 5.74) is 1.45. The van der Waals surface area contributed by atoms with Crippen molar-refractivity contribution in [1.29, 1.82) is 0 Å². The Kier molecular flexibility index (Phi) is 4.25. The quantitative estimate of drug-likeness (QED) is 0.886. The second-order valence-corrected chi connectivity index (χ2v) is 7.91. The first kappa shape index (κ1) is 15.9. The first-order chi connectivity index (χ1) is 11.6. The number of fused-ring (bicyclic) bond motifs is 2. The number of amides is 2. The van der Waals surface area contributed by atoms with Crippen LogP contribution in [0.4, 0.5) is 11.4 Å². The molecule has 128 valence electrons. The highest BCUT2D eigenvalue weighted by Crippen LogP contribution is 2.49. The average molecular weight is 347 g/mol. The Balaban J connectivity index is 1.38. The molecule has 1 aromatic carbocycles. The molecule has 2 saturated carbocycles. The van der Waals surface area contributed by atoms with Gasteiger partial charge in [-0.15, -0.1) is 0 Å². The topological polar surface area (TPSA) is 49.4 Å². The van der Waals surface area contributed by atoms with E-state index in [1.165, 1.54) is 25.7 Å². The Morgan fingerprint density at radius 2 is 2.17 bits per heavy atom. The third-order valence-corrected chi connectivity index (χ3v) is 6.23. The number of rotatable bonds is 4. The third-order valence-electron chi connectivity index (χ3n) is 5.93. The molecular weight excluding hydrogens is 324 g/mol. The minimum Gasteiger partial charge on any atom is -0.326 e. The highest BCUT2D eigenvalue weighted by molar-refractivity contribution is 6.34. The first-order valence-corrected chi connectivity index (χ1v) is 9.37. The van der Waals surface area contributed by atoms with Crippen LogP contribution in [0.1, 0.15) is 44.9 Å². The van der Waals surface area contributed by atoms with Gasteiger partial charge in [0.2, 0.25) is 11.8 Å². The molecule has 1 aromatic rings. The minimum atomic E-state index is 0.0774. The number of halogens is 1. The van der Waals surface area contributed by atoms with Crippen molar-refractivity contribution in [3.63, 3.8) is 0 Å². The monoisotopic (exact) mass is 346 g/mol. The molecule has 4 nitrogen and oxygen atoms in total. The summed E-state index contributed by atoms with van der Waals surface area (Å²) in [4.78, 5) is 25.9. The number of carbonyl (C=O) groups is 2. The second-order valence-electron chi connectivity index (χ2n) is 7.50. The SMILES string of the molecule is O=C(CC1CC2CCC1C2)Nc1ccc(N2CCCC2=O)c(Cl)c1. The van der Waals surface area contributed by atoms with Gasteiger partial charge < -0.3 is 10.2 Å². The number of nitrogens with zero attached hydrogens (tertiary/aromatic N) is 1. The van der Waals surface area contributed by atoms with Gasteiger partial charge in [-0.1, -0.05) is 18.0 Å². The van der Waals surface area contributed by atoms with Gasteiger partial charge in [0, 0.05) is 25.1 Å². The van der Waals surface area contributed by atoms with Gasteiger partial charge in [-0.25, -0.2) is 0 Å². The van der Waals surface area contributed by atoms with Crippen molar-refractivity contribution in [3.05, 3.63) is 23.2 Å². The Morgan fingerprint density at radius 1 is 1.29 bits per heavy atom. The van der Waals surface area contributed by atoms with Crippen molar-refractivity contribution in [2.45, 2.75) is 44.9 Å². The van der Waals surface area contributed by atoms with Crippen LogP contribution in [-0.2, 0) is 9.59 Å². The van der Waals surface area contributed by atoms with Crippen molar-refractivity contribution >= 4 is 34.8 Å². The molecule has 5 heteroatoms. The zero-order chi connectivity index (χ0) is 16.7. The molecular formula is C19H23ClN2O2. The molecule has 3 fully saturated rings. The van der Waals surface area contributed by atoms with E-state index in [-0.39, 0.29) is 11.8 Å². The lowest BCUT2D eigenvalue weighted by molar-refractivity contribution is -0.118. The summed E-state index contributed by atoms with van der Waals surface area (Å²) in [5.74, 6) is 2.37. The van der Waals surface area contributed by atoms with Gasteiger partial charge in [-0.2, -0.15) is 0 Å². The molecule has 24 heavy (non-hydrogen) atoms. The van der Waals surface area contributed by atoms with E-state index in [4.69, 9.17) is 11.6 Å². The number of carbonyl (C=O) groups excluding carboxylic acids is 2. The summed E-state index contributed by atoms with van der Waals surface area (Å²) < 4.78 is 0. The summed E-state index contributed by atoms with van der Waals surface area (Å²) in [6.45, 7) is 0.717. The standard InChI is InChI=1S/C19H23ClN2O2/c20-16-11-15(5-6-17(16)22-7-1-2-19(22)24)21-18(23)10-14-9-12-3-4-13(14)8-12/h5-6,11-14H,1-4,7-10H2,(H,21,23). The summed E-state index contributed by atoms with van der Waals surface area (Å²) in [6, 6.07) is 5.42. The van der Waals surface area contributed by atoms with Gasteiger partial charge in [0.15, 0.2) is 0 Å². The van der Waals surface area contributed by atoms with Crippen molar-refractivity contribution in [1.82, 2.24) is 0 Å². The molecule has 3 aliphatic rings. The van der Waals surface area contributed by atoms with Crippen LogP contribution in [0.3, 0.4) is 0 Å². The smallest absolute Gasteiger partial charge is 0.227 e. The lowest BCUT2D eigenvalue weighted by atomic mass is 9.86. The van der Waals surface area contributed by atoms with Gasteiger partial charge in [0.1, 0.15) is 0 Å². The summed E-state index contributed by atoms with van der Waals surface area (Å²) in [5, 5.41) is 3.49. The molecule has 2 aliphatic carbocycles. The van der Waals surface area contributed by atoms with Gasteiger partial charge in [-0.3, -0.25) is 9.59 Å². The molecule has 1 aliphatic heterocycles. The number of hydrogen-bond acceptors (Lipinski definition) is 2. The van der Waals surface area contributed by atoms with Crippen LogP contribution in [-0.4, -0.2) is 18.4 Å². The molecule has 3 unspecified atom stereocenters. The van der Waals surface area contributed by atoms with Crippen molar-refractivity contribution in [2.24, 2.45) is 17.8 Å². The third kappa shape index (κ3) is 3.04. The van der Waals surface area contributed by atoms with Crippen molar-refractivity contribution in [3.8, 4) is 0 Å². The predicted molar refractivity (Wildman–Crippen MR) is 95.2 cm³/mol. The predicted octanol–water partition coefficient (Wildman–Crippen LogP) is 4.23. The Hall–Kier alpha value is -1.55. The second kappa shape index (κ2) is 6.40. The van der Waals surface area contributed by atoms with E-state index in [2.05, 4.69) is 5.32 Å². The largest absolute Gasteiger partial charge is 0.326 e. The van der Waals surface area contributed by atoms with Crippen LogP contribution in [0.15, 0.2) is 18.2 Å². The number of benzene rings is 1. The molecule has 2 bridgehead atoms. The van der Waals surface area contributed by atoms with E-state index in [0.717, 1.165) is 23.9 Å². The lowest BCUT2D eigenvalue weighted by Gasteiger charge is -2.21. The summed E-state index contributed by atoms with van der Waals surface area (Å²) in [7, 11) is 0. The van der Waals surface area contributed by atoms with E-state index in [1.807, 2.05) is 12.1 Å². The molecule has 1 heterocycles. The summed E-state index contributed by atoms with van der Waals surface area (Å²) in [6.07, 6.45) is 7.26. The van der Waals surface area contributed by atoms with Crippen LogP contribution in [0.5, 0.6) is 0 Å². The van der Waals surface area contributed by atoms with Gasteiger partial charge in [-0.05, 0) is 61.6 Å². The maximum absolute atomic E-state index is 12.3. The Morgan fingerprint density at radius 3 is 2.79 bits per heavy atom. The van der Waals surface area contributed by atoms with Crippen LogP contribution in [0, 0.1) is 17.8 Å². The molecule has 0 spiro atoms. The van der Waals surface area contributed by atoms with E-state index < -0.39 is 0 Å². The maximum Gasteiger partial charge on any atom is 0.227 e. The van der Waals surface area contributed by atoms with E-state index in [0.29, 0.717) is 36.0 Å². The molecule has 1 N–H and O–H groups in total. The van der Waals surface area contributed by atoms with E-state index >= 15 is 0 Å². The fourth-order valence-electron chi connectivity index (χ4n) is 4.78. The number of nitrogens with one attached hydrogen (secondary N) is 1. The van der Waals surface area contributed by atoms with Crippen LogP contribution < -0.4 is 10.2 Å². The van der Waals surface area contributed by atoms with Gasteiger partial charge in [0.05, 0.1) is 10.7 Å². The fourth-order valence-corrected chi connectivity index (χ4v) is 5.07. The first-order valence-electron chi connectivity index (χ1n) is 9.00. The Labute approximate surface area is 147 Å². The number of anilines is 2. The van der Waals surface area contributed by atoms with Crippen LogP contribution in [0.2, 0.25) is 5.02 Å². The Bertz CT molecular complexity index is 675. The molecule has 2 amide bonds. The van der Waals surface area contributed by atoms with E-state index in [1.54, 1.807) is 11.0 Å². The van der Waals surface area contributed by atoms with Gasteiger partial charge >= 0.3 is 0 Å². The molecule has 1 saturated heterocycles. The zero-order valence-corrected chi connectivity index (χ0v) is 14.5. The summed E-state index contributed by atoms with van der Waals surface area (Å²) >= 11 is 6.33. The van der Waals surface area contributed by atoms with Crippen LogP contribution in [0.25, 0.3) is 0 Å². The van der Waals surface area contributed by atoms with Gasteiger partial charge in [0.25, 0.3) is 0 Å². The number of hydrogen-bond donors (Lipinski definition) is 1. The van der Waals surface area contributed by atoms with Crippen LogP contribution >= 0.6 is 11.6 Å². The molecule has 3 atom stereocenters. The maximum atomic E-state index is 12.3. The highest BCUT2D eigenvalue weighted by Gasteiger charge is 2.40.